The van der Waals surface area contributed by atoms with Gasteiger partial charge in [0.25, 0.3) is 0 Å². The third kappa shape index (κ3) is 2.31. The fourth-order valence-electron chi connectivity index (χ4n) is 3.13. The lowest BCUT2D eigenvalue weighted by atomic mass is 10.2. The monoisotopic (exact) mass is 302 g/mol. The Hall–Kier alpha value is -2.15. The first kappa shape index (κ1) is 13.5. The third-order valence-electron chi connectivity index (χ3n) is 4.26. The first-order valence-corrected chi connectivity index (χ1v) is 7.68. The number of anilines is 1. The second kappa shape index (κ2) is 5.57. The van der Waals surface area contributed by atoms with E-state index >= 15 is 0 Å². The second-order valence-corrected chi connectivity index (χ2v) is 5.61. The first-order chi connectivity index (χ1) is 10.8. The minimum atomic E-state index is -0.189. The molecule has 1 unspecified atom stereocenters. The van der Waals surface area contributed by atoms with Crippen LogP contribution < -0.4 is 4.90 Å². The normalized spacial score (nSPS) is 22.5. The van der Waals surface area contributed by atoms with E-state index in [4.69, 9.17) is 9.15 Å². The van der Waals surface area contributed by atoms with Gasteiger partial charge in [0.15, 0.2) is 5.58 Å². The van der Waals surface area contributed by atoms with Crippen LogP contribution in [0.25, 0.3) is 11.2 Å². The molecule has 4 rings (SSSR count). The minimum Gasteiger partial charge on any atom is -0.422 e. The van der Waals surface area contributed by atoms with Crippen LogP contribution in [0.5, 0.6) is 0 Å². The quantitative estimate of drug-likeness (QED) is 0.826. The molecule has 2 aliphatic rings. The Morgan fingerprint density at radius 1 is 1.27 bits per heavy atom. The highest BCUT2D eigenvalue weighted by Crippen LogP contribution is 2.28. The van der Waals surface area contributed by atoms with Crippen molar-refractivity contribution in [2.24, 2.45) is 0 Å². The summed E-state index contributed by atoms with van der Waals surface area (Å²) < 4.78 is 11.1. The van der Waals surface area contributed by atoms with Gasteiger partial charge in [-0.1, -0.05) is 0 Å². The predicted octanol–water partition coefficient (Wildman–Crippen LogP) is 1.05. The number of rotatable bonds is 2. The van der Waals surface area contributed by atoms with Gasteiger partial charge in [-0.05, 0) is 25.0 Å². The van der Waals surface area contributed by atoms with Crippen molar-refractivity contribution in [3.63, 3.8) is 0 Å². The van der Waals surface area contributed by atoms with Gasteiger partial charge in [-0.2, -0.15) is 4.98 Å². The smallest absolute Gasteiger partial charge is 0.300 e. The van der Waals surface area contributed by atoms with Crippen molar-refractivity contribution in [1.82, 2.24) is 14.9 Å². The average molecular weight is 302 g/mol. The van der Waals surface area contributed by atoms with Crippen molar-refractivity contribution in [3.05, 3.63) is 18.3 Å². The molecular formula is C15H18N4O3. The number of oxazole rings is 1. The van der Waals surface area contributed by atoms with E-state index in [0.717, 1.165) is 19.4 Å². The topological polar surface area (TPSA) is 71.7 Å². The molecule has 0 aliphatic carbocycles. The fourth-order valence-corrected chi connectivity index (χ4v) is 3.13. The number of morpholine rings is 1. The van der Waals surface area contributed by atoms with Crippen LogP contribution in [0.15, 0.2) is 22.7 Å². The zero-order valence-electron chi connectivity index (χ0n) is 12.3. The number of pyridine rings is 1. The van der Waals surface area contributed by atoms with E-state index in [1.807, 2.05) is 21.9 Å². The largest absolute Gasteiger partial charge is 0.422 e. The molecule has 0 radical (unpaired) electrons. The number of hydrogen-bond acceptors (Lipinski definition) is 6. The van der Waals surface area contributed by atoms with Crippen LogP contribution in [0, 0.1) is 0 Å². The summed E-state index contributed by atoms with van der Waals surface area (Å²) in [4.78, 5) is 25.2. The Bertz CT molecular complexity index is 647. The van der Waals surface area contributed by atoms with Crippen LogP contribution in [0.2, 0.25) is 0 Å². The highest BCUT2D eigenvalue weighted by Gasteiger charge is 2.36. The van der Waals surface area contributed by atoms with Gasteiger partial charge >= 0.3 is 6.01 Å². The van der Waals surface area contributed by atoms with Gasteiger partial charge in [-0.15, -0.1) is 0 Å². The molecule has 2 saturated heterocycles. The molecule has 2 aromatic heterocycles. The van der Waals surface area contributed by atoms with Gasteiger partial charge in [0.05, 0.1) is 13.2 Å². The predicted molar refractivity (Wildman–Crippen MR) is 79.6 cm³/mol. The molecule has 0 aromatic carbocycles. The van der Waals surface area contributed by atoms with E-state index in [1.54, 1.807) is 6.20 Å². The summed E-state index contributed by atoms with van der Waals surface area (Å²) in [6, 6.07) is 3.97. The Labute approximate surface area is 127 Å². The lowest BCUT2D eigenvalue weighted by Gasteiger charge is -2.31. The summed E-state index contributed by atoms with van der Waals surface area (Å²) in [5.74, 6) is 0.149. The standard InChI is InChI=1S/C15H18N4O3/c20-14(18-7-9-21-10-8-18)11-3-2-6-19(11)15-17-13-12(22-15)4-1-5-16-13/h1,4-5,11H,2-3,6-10H2. The summed E-state index contributed by atoms with van der Waals surface area (Å²) in [5.41, 5.74) is 1.24. The fraction of sp³-hybridized carbons (Fsp3) is 0.533. The number of hydrogen-bond donors (Lipinski definition) is 0. The van der Waals surface area contributed by atoms with Crippen LogP contribution >= 0.6 is 0 Å². The number of ether oxygens (including phenoxy) is 1. The lowest BCUT2D eigenvalue weighted by molar-refractivity contribution is -0.136. The molecule has 7 heteroatoms. The second-order valence-electron chi connectivity index (χ2n) is 5.61. The number of nitrogens with zero attached hydrogens (tertiary/aromatic N) is 4. The van der Waals surface area contributed by atoms with E-state index in [2.05, 4.69) is 9.97 Å². The molecule has 7 nitrogen and oxygen atoms in total. The van der Waals surface area contributed by atoms with Crippen molar-refractivity contribution in [2.45, 2.75) is 18.9 Å². The van der Waals surface area contributed by atoms with Crippen molar-refractivity contribution in [1.29, 1.82) is 0 Å². The summed E-state index contributed by atoms with van der Waals surface area (Å²) in [7, 11) is 0. The Kier molecular flexibility index (Phi) is 3.42. The number of amides is 1. The summed E-state index contributed by atoms with van der Waals surface area (Å²) in [6.07, 6.45) is 3.49. The maximum atomic E-state index is 12.7. The average Bonchev–Trinajstić information content (AvgIpc) is 3.21. The molecule has 2 aliphatic heterocycles. The third-order valence-corrected chi connectivity index (χ3v) is 4.26. The highest BCUT2D eigenvalue weighted by atomic mass is 16.5. The van der Waals surface area contributed by atoms with Gasteiger partial charge in [-0.3, -0.25) is 4.79 Å². The molecular weight excluding hydrogens is 284 g/mol. The van der Waals surface area contributed by atoms with Crippen molar-refractivity contribution in [3.8, 4) is 0 Å². The Balaban J connectivity index is 1.58. The van der Waals surface area contributed by atoms with Crippen LogP contribution in [-0.2, 0) is 9.53 Å². The number of aromatic nitrogens is 2. The summed E-state index contributed by atoms with van der Waals surface area (Å²) >= 11 is 0. The van der Waals surface area contributed by atoms with Crippen LogP contribution in [0.3, 0.4) is 0 Å². The van der Waals surface area contributed by atoms with Gasteiger partial charge in [0.1, 0.15) is 6.04 Å². The number of carbonyl (C=O) groups is 1. The molecule has 2 aromatic rings. The molecule has 116 valence electrons. The van der Waals surface area contributed by atoms with Crippen molar-refractivity contribution < 1.29 is 13.9 Å². The van der Waals surface area contributed by atoms with Gasteiger partial charge in [0, 0.05) is 25.8 Å². The van der Waals surface area contributed by atoms with Crippen LogP contribution in [0.1, 0.15) is 12.8 Å². The molecule has 0 spiro atoms. The molecule has 1 atom stereocenters. The molecule has 0 N–H and O–H groups in total. The summed E-state index contributed by atoms with van der Waals surface area (Å²) in [5, 5.41) is 0. The van der Waals surface area contributed by atoms with Gasteiger partial charge in [-0.25, -0.2) is 4.98 Å². The number of carbonyl (C=O) groups excluding carboxylic acids is 1. The van der Waals surface area contributed by atoms with Crippen molar-refractivity contribution >= 4 is 23.2 Å². The first-order valence-electron chi connectivity index (χ1n) is 7.68. The van der Waals surface area contributed by atoms with Crippen LogP contribution in [-0.4, -0.2) is 59.7 Å². The molecule has 1 amide bonds. The zero-order valence-corrected chi connectivity index (χ0v) is 12.3. The van der Waals surface area contributed by atoms with Gasteiger partial charge < -0.3 is 19.0 Å². The molecule has 4 heterocycles. The molecule has 22 heavy (non-hydrogen) atoms. The van der Waals surface area contributed by atoms with Crippen LogP contribution in [0.4, 0.5) is 6.01 Å². The minimum absolute atomic E-state index is 0.149. The highest BCUT2D eigenvalue weighted by molar-refractivity contribution is 5.85. The summed E-state index contributed by atoms with van der Waals surface area (Å²) in [6.45, 7) is 3.35. The number of fused-ring (bicyclic) bond motifs is 1. The van der Waals surface area contributed by atoms with E-state index in [1.165, 1.54) is 0 Å². The maximum Gasteiger partial charge on any atom is 0.300 e. The Morgan fingerprint density at radius 3 is 2.95 bits per heavy atom. The molecule has 0 saturated carbocycles. The SMILES string of the molecule is O=C(C1CCCN1c1nc2ncccc2o1)N1CCOCC1. The van der Waals surface area contributed by atoms with E-state index in [0.29, 0.717) is 43.5 Å². The molecule has 2 fully saturated rings. The van der Waals surface area contributed by atoms with E-state index in [9.17, 15) is 4.79 Å². The van der Waals surface area contributed by atoms with E-state index < -0.39 is 0 Å². The van der Waals surface area contributed by atoms with E-state index in [-0.39, 0.29) is 11.9 Å². The Morgan fingerprint density at radius 2 is 2.14 bits per heavy atom. The molecule has 0 bridgehead atoms. The zero-order chi connectivity index (χ0) is 14.9. The maximum absolute atomic E-state index is 12.7. The van der Waals surface area contributed by atoms with Gasteiger partial charge in [0.2, 0.25) is 11.6 Å². The lowest BCUT2D eigenvalue weighted by Crippen LogP contribution is -2.49. The van der Waals surface area contributed by atoms with Crippen molar-refractivity contribution in [2.75, 3.05) is 37.7 Å².